The maximum atomic E-state index is 13.5. The van der Waals surface area contributed by atoms with Gasteiger partial charge in [0, 0.05) is 5.69 Å². The van der Waals surface area contributed by atoms with Crippen molar-refractivity contribution in [1.82, 2.24) is 0 Å². The van der Waals surface area contributed by atoms with Crippen LogP contribution < -0.4 is 10.5 Å². The maximum Gasteiger partial charge on any atom is 0.165 e. The van der Waals surface area contributed by atoms with Gasteiger partial charge in [0.15, 0.2) is 11.6 Å². The summed E-state index contributed by atoms with van der Waals surface area (Å²) in [5.74, 6) is -0.115. The number of ether oxygens (including phenoxy) is 1. The zero-order chi connectivity index (χ0) is 11.5. The first-order valence-electron chi connectivity index (χ1n) is 4.90. The molecule has 0 aromatic heterocycles. The number of nitrogen functional groups attached to an aromatic ring is 1. The van der Waals surface area contributed by atoms with E-state index in [1.807, 2.05) is 18.2 Å². The normalized spacial score (nSPS) is 10.1. The van der Waals surface area contributed by atoms with Crippen molar-refractivity contribution in [2.24, 2.45) is 0 Å². The lowest BCUT2D eigenvalue weighted by Crippen LogP contribution is -1.89. The Morgan fingerprint density at radius 2 is 1.62 bits per heavy atom. The Hall–Kier alpha value is -2.03. The Morgan fingerprint density at radius 1 is 1.00 bits per heavy atom. The molecule has 0 radical (unpaired) electrons. The third-order valence-corrected chi connectivity index (χ3v) is 2.40. The minimum Gasteiger partial charge on any atom is -0.494 e. The average Bonchev–Trinajstić information content (AvgIpc) is 2.30. The van der Waals surface area contributed by atoms with Gasteiger partial charge in [-0.3, -0.25) is 0 Å². The Balaban J connectivity index is 2.41. The molecule has 3 heteroatoms. The van der Waals surface area contributed by atoms with E-state index >= 15 is 0 Å². The number of methoxy groups -OCH3 is 1. The molecule has 82 valence electrons. The van der Waals surface area contributed by atoms with Crippen LogP contribution in [-0.4, -0.2) is 7.11 Å². The van der Waals surface area contributed by atoms with Gasteiger partial charge in [0.05, 0.1) is 7.11 Å². The molecular weight excluding hydrogens is 205 g/mol. The molecule has 2 aromatic rings. The van der Waals surface area contributed by atoms with E-state index in [9.17, 15) is 4.39 Å². The second kappa shape index (κ2) is 4.23. The number of benzene rings is 2. The topological polar surface area (TPSA) is 35.2 Å². The molecule has 2 N–H and O–H groups in total. The smallest absolute Gasteiger partial charge is 0.165 e. The predicted octanol–water partition coefficient (Wildman–Crippen LogP) is 3.08. The molecule has 0 bridgehead atoms. The fourth-order valence-electron chi connectivity index (χ4n) is 1.52. The van der Waals surface area contributed by atoms with Crippen LogP contribution in [0.5, 0.6) is 5.75 Å². The summed E-state index contributed by atoms with van der Waals surface area (Å²) in [5, 5.41) is 0. The molecule has 0 saturated heterocycles. The monoisotopic (exact) mass is 217 g/mol. The molecular formula is C13H12FNO. The molecule has 0 fully saturated rings. The number of rotatable bonds is 2. The van der Waals surface area contributed by atoms with Gasteiger partial charge in [-0.15, -0.1) is 0 Å². The molecule has 0 heterocycles. The summed E-state index contributed by atoms with van der Waals surface area (Å²) in [4.78, 5) is 0. The highest BCUT2D eigenvalue weighted by Gasteiger charge is 2.04. The number of halogens is 1. The number of hydrogen-bond acceptors (Lipinski definition) is 2. The summed E-state index contributed by atoms with van der Waals surface area (Å²) in [7, 11) is 1.45. The Labute approximate surface area is 93.5 Å². The second-order valence-electron chi connectivity index (χ2n) is 3.47. The van der Waals surface area contributed by atoms with E-state index in [1.54, 1.807) is 18.2 Å². The third-order valence-electron chi connectivity index (χ3n) is 2.40. The molecule has 0 saturated carbocycles. The van der Waals surface area contributed by atoms with Gasteiger partial charge in [0.2, 0.25) is 0 Å². The Kier molecular flexibility index (Phi) is 2.77. The molecule has 16 heavy (non-hydrogen) atoms. The van der Waals surface area contributed by atoms with E-state index in [4.69, 9.17) is 10.5 Å². The summed E-state index contributed by atoms with van der Waals surface area (Å²) < 4.78 is 18.3. The highest BCUT2D eigenvalue weighted by Crippen LogP contribution is 2.25. The van der Waals surface area contributed by atoms with Gasteiger partial charge in [0.1, 0.15) is 0 Å². The van der Waals surface area contributed by atoms with Gasteiger partial charge in [-0.2, -0.15) is 0 Å². The van der Waals surface area contributed by atoms with Crippen LogP contribution in [0.25, 0.3) is 11.1 Å². The highest BCUT2D eigenvalue weighted by atomic mass is 19.1. The van der Waals surface area contributed by atoms with Crippen LogP contribution in [0.2, 0.25) is 0 Å². The zero-order valence-corrected chi connectivity index (χ0v) is 8.91. The van der Waals surface area contributed by atoms with Crippen LogP contribution in [-0.2, 0) is 0 Å². The SMILES string of the molecule is COc1ccc(-c2ccc(N)cc2)cc1F. The van der Waals surface area contributed by atoms with Gasteiger partial charge in [-0.25, -0.2) is 4.39 Å². The Morgan fingerprint density at radius 3 is 2.19 bits per heavy atom. The van der Waals surface area contributed by atoms with Crippen LogP contribution >= 0.6 is 0 Å². The van der Waals surface area contributed by atoms with E-state index < -0.39 is 0 Å². The van der Waals surface area contributed by atoms with E-state index in [2.05, 4.69) is 0 Å². The molecule has 0 aliphatic heterocycles. The third kappa shape index (κ3) is 1.98. The van der Waals surface area contributed by atoms with Gasteiger partial charge >= 0.3 is 0 Å². The predicted molar refractivity (Wildman–Crippen MR) is 62.8 cm³/mol. The van der Waals surface area contributed by atoms with E-state index in [0.717, 1.165) is 11.1 Å². The molecule has 0 amide bonds. The fourth-order valence-corrected chi connectivity index (χ4v) is 1.52. The van der Waals surface area contributed by atoms with Crippen molar-refractivity contribution in [3.8, 4) is 16.9 Å². The van der Waals surface area contributed by atoms with E-state index in [0.29, 0.717) is 5.69 Å². The quantitative estimate of drug-likeness (QED) is 0.784. The van der Waals surface area contributed by atoms with Crippen LogP contribution in [0.1, 0.15) is 0 Å². The maximum absolute atomic E-state index is 13.5. The zero-order valence-electron chi connectivity index (χ0n) is 8.91. The Bertz CT molecular complexity index is 494. The van der Waals surface area contributed by atoms with Gasteiger partial charge in [-0.1, -0.05) is 18.2 Å². The number of anilines is 1. The van der Waals surface area contributed by atoms with E-state index in [-0.39, 0.29) is 11.6 Å². The minimum atomic E-state index is -0.364. The van der Waals surface area contributed by atoms with Crippen molar-refractivity contribution in [3.05, 3.63) is 48.3 Å². The molecule has 0 aliphatic carbocycles. The van der Waals surface area contributed by atoms with E-state index in [1.165, 1.54) is 13.2 Å². The van der Waals surface area contributed by atoms with Gasteiger partial charge < -0.3 is 10.5 Å². The lowest BCUT2D eigenvalue weighted by molar-refractivity contribution is 0.386. The molecule has 0 spiro atoms. The number of hydrogen-bond donors (Lipinski definition) is 1. The lowest BCUT2D eigenvalue weighted by atomic mass is 10.1. The van der Waals surface area contributed by atoms with Crippen LogP contribution in [0.15, 0.2) is 42.5 Å². The van der Waals surface area contributed by atoms with Gasteiger partial charge in [0.25, 0.3) is 0 Å². The summed E-state index contributed by atoms with van der Waals surface area (Å²) >= 11 is 0. The lowest BCUT2D eigenvalue weighted by Gasteiger charge is -2.05. The van der Waals surface area contributed by atoms with Crippen molar-refractivity contribution < 1.29 is 9.13 Å². The summed E-state index contributed by atoms with van der Waals surface area (Å²) in [6.07, 6.45) is 0. The summed E-state index contributed by atoms with van der Waals surface area (Å²) in [6, 6.07) is 12.2. The highest BCUT2D eigenvalue weighted by molar-refractivity contribution is 5.66. The van der Waals surface area contributed by atoms with Crippen molar-refractivity contribution in [2.45, 2.75) is 0 Å². The van der Waals surface area contributed by atoms with Crippen LogP contribution in [0.3, 0.4) is 0 Å². The van der Waals surface area contributed by atoms with Crippen molar-refractivity contribution >= 4 is 5.69 Å². The average molecular weight is 217 g/mol. The van der Waals surface area contributed by atoms with Crippen molar-refractivity contribution in [1.29, 1.82) is 0 Å². The first-order chi connectivity index (χ1) is 7.70. The molecule has 0 atom stereocenters. The van der Waals surface area contributed by atoms with Crippen LogP contribution in [0.4, 0.5) is 10.1 Å². The minimum absolute atomic E-state index is 0.249. The molecule has 0 aliphatic rings. The molecule has 0 unspecified atom stereocenters. The second-order valence-corrected chi connectivity index (χ2v) is 3.47. The van der Waals surface area contributed by atoms with Crippen LogP contribution in [0, 0.1) is 5.82 Å². The van der Waals surface area contributed by atoms with Crippen molar-refractivity contribution in [3.63, 3.8) is 0 Å². The first kappa shape index (κ1) is 10.5. The molecule has 2 aromatic carbocycles. The molecule has 2 nitrogen and oxygen atoms in total. The summed E-state index contributed by atoms with van der Waals surface area (Å²) in [6.45, 7) is 0. The first-order valence-corrected chi connectivity index (χ1v) is 4.90. The fraction of sp³-hybridized carbons (Fsp3) is 0.0769. The number of nitrogens with two attached hydrogens (primary N) is 1. The molecule has 2 rings (SSSR count). The standard InChI is InChI=1S/C13H12FNO/c1-16-13-7-4-10(8-12(13)14)9-2-5-11(15)6-3-9/h2-8H,15H2,1H3. The van der Waals surface area contributed by atoms with Crippen molar-refractivity contribution in [2.75, 3.05) is 12.8 Å². The van der Waals surface area contributed by atoms with Gasteiger partial charge in [-0.05, 0) is 35.4 Å². The largest absolute Gasteiger partial charge is 0.494 e. The summed E-state index contributed by atoms with van der Waals surface area (Å²) in [5.41, 5.74) is 8.01.